The average molecular weight is 559 g/mol. The Hall–Kier alpha value is -2.25. The first-order valence-electron chi connectivity index (χ1n) is 9.74. The average Bonchev–Trinajstić information content (AvgIpc) is 2.80. The molecule has 0 fully saturated rings. The molecule has 0 aromatic heterocycles. The van der Waals surface area contributed by atoms with Crippen molar-refractivity contribution < 1.29 is 14.5 Å². The molecule has 0 heterocycles. The maximum atomic E-state index is 12.9. The largest absolute Gasteiger partial charge is 0.391 e. The molecule has 0 aliphatic heterocycles. The molecular formula is C24H17Cl5N2O3. The maximum absolute atomic E-state index is 12.9. The van der Waals surface area contributed by atoms with Crippen molar-refractivity contribution in [2.45, 2.75) is 13.2 Å². The van der Waals surface area contributed by atoms with Gasteiger partial charge in [-0.3, -0.25) is 15.1 Å². The fourth-order valence-corrected chi connectivity index (χ4v) is 3.68. The van der Waals surface area contributed by atoms with Crippen LogP contribution >= 0.6 is 58.0 Å². The number of rotatable bonds is 10. The second-order valence-electron chi connectivity index (χ2n) is 6.82. The highest BCUT2D eigenvalue weighted by atomic mass is 35.5. The number of carbonyl (C=O) groups is 1. The molecule has 0 aliphatic carbocycles. The van der Waals surface area contributed by atoms with Gasteiger partial charge in [-0.15, -0.1) is 0 Å². The lowest BCUT2D eigenvalue weighted by Gasteiger charge is -2.07. The number of nitrogens with zero attached hydrogens (tertiary/aromatic N) is 1. The van der Waals surface area contributed by atoms with Gasteiger partial charge in [0.25, 0.3) is 0 Å². The fraction of sp³-hybridized carbons (Fsp3) is 0.0833. The van der Waals surface area contributed by atoms with Crippen LogP contribution in [0.15, 0.2) is 77.6 Å². The zero-order valence-corrected chi connectivity index (χ0v) is 21.2. The number of ketones is 1. The lowest BCUT2D eigenvalue weighted by molar-refractivity contribution is 0.0570. The van der Waals surface area contributed by atoms with Crippen LogP contribution in [0.3, 0.4) is 0 Å². The number of hydrogen-bond donors (Lipinski definition) is 1. The predicted molar refractivity (Wildman–Crippen MR) is 138 cm³/mol. The van der Waals surface area contributed by atoms with Crippen LogP contribution in [0.4, 0.5) is 0 Å². The summed E-state index contributed by atoms with van der Waals surface area (Å²) in [5.41, 5.74) is 4.62. The van der Waals surface area contributed by atoms with Crippen LogP contribution in [0, 0.1) is 0 Å². The molecule has 0 atom stereocenters. The number of Topliss-reactive ketones (excluding diaryl/α,β-unsaturated/α-hetero) is 1. The summed E-state index contributed by atoms with van der Waals surface area (Å²) in [7, 11) is 0. The summed E-state index contributed by atoms with van der Waals surface area (Å²) in [6.45, 7) is 0.228. The molecule has 3 aromatic rings. The number of hydroxylamine groups is 1. The third-order valence-electron chi connectivity index (χ3n) is 4.41. The molecule has 3 aromatic carbocycles. The lowest BCUT2D eigenvalue weighted by atomic mass is 10.1. The van der Waals surface area contributed by atoms with Gasteiger partial charge in [0.1, 0.15) is 13.2 Å². The zero-order valence-electron chi connectivity index (χ0n) is 17.4. The van der Waals surface area contributed by atoms with Crippen molar-refractivity contribution in [1.82, 2.24) is 5.48 Å². The van der Waals surface area contributed by atoms with Crippen LogP contribution in [-0.4, -0.2) is 12.0 Å². The van der Waals surface area contributed by atoms with Crippen molar-refractivity contribution in [2.75, 3.05) is 0 Å². The summed E-state index contributed by atoms with van der Waals surface area (Å²) in [4.78, 5) is 23.7. The molecule has 0 saturated carbocycles. The Balaban J connectivity index is 1.68. The summed E-state index contributed by atoms with van der Waals surface area (Å²) in [6.07, 6.45) is 2.63. The Morgan fingerprint density at radius 2 is 1.35 bits per heavy atom. The molecule has 0 aliphatic rings. The third-order valence-corrected chi connectivity index (χ3v) is 5.84. The van der Waals surface area contributed by atoms with Crippen LogP contribution in [0.1, 0.15) is 21.5 Å². The van der Waals surface area contributed by atoms with E-state index in [1.807, 2.05) is 0 Å². The van der Waals surface area contributed by atoms with E-state index in [0.29, 0.717) is 36.2 Å². The number of allylic oxidation sites excluding steroid dienone is 1. The Morgan fingerprint density at radius 1 is 0.794 bits per heavy atom. The summed E-state index contributed by atoms with van der Waals surface area (Å²) in [5, 5.41) is 6.36. The quantitative estimate of drug-likeness (QED) is 0.0902. The molecule has 0 unspecified atom stereocenters. The molecule has 10 heteroatoms. The first-order valence-corrected chi connectivity index (χ1v) is 11.6. The number of oxime groups is 1. The highest BCUT2D eigenvalue weighted by Crippen LogP contribution is 2.22. The van der Waals surface area contributed by atoms with Crippen molar-refractivity contribution in [3.8, 4) is 0 Å². The fourth-order valence-electron chi connectivity index (χ4n) is 2.63. The SMILES string of the molecule is O=C(C(=CNOCc1ccc(Cl)cc1Cl)/C=N\OCc1ccc(Cl)cc1Cl)c1ccc(Cl)cc1. The van der Waals surface area contributed by atoms with Gasteiger partial charge >= 0.3 is 0 Å². The minimum absolute atomic E-state index is 0.0912. The van der Waals surface area contributed by atoms with Gasteiger partial charge in [0.05, 0.1) is 11.8 Å². The van der Waals surface area contributed by atoms with Gasteiger partial charge in [0, 0.05) is 42.4 Å². The highest BCUT2D eigenvalue weighted by Gasteiger charge is 2.11. The predicted octanol–water partition coefficient (Wildman–Crippen LogP) is 7.94. The third kappa shape index (κ3) is 7.91. The topological polar surface area (TPSA) is 59.9 Å². The number of nitrogens with one attached hydrogen (secondary N) is 1. The minimum Gasteiger partial charge on any atom is -0.391 e. The van der Waals surface area contributed by atoms with E-state index in [0.717, 1.165) is 5.56 Å². The Morgan fingerprint density at radius 3 is 1.94 bits per heavy atom. The zero-order chi connectivity index (χ0) is 24.5. The molecule has 0 saturated heterocycles. The minimum atomic E-state index is -0.325. The first-order chi connectivity index (χ1) is 16.3. The smallest absolute Gasteiger partial charge is 0.196 e. The molecule has 0 radical (unpaired) electrons. The summed E-state index contributed by atoms with van der Waals surface area (Å²) in [5.74, 6) is -0.325. The maximum Gasteiger partial charge on any atom is 0.196 e. The van der Waals surface area contributed by atoms with Crippen molar-refractivity contribution >= 4 is 70.0 Å². The van der Waals surface area contributed by atoms with Crippen LogP contribution in [-0.2, 0) is 22.9 Å². The van der Waals surface area contributed by atoms with Crippen LogP contribution in [0.5, 0.6) is 0 Å². The summed E-state index contributed by atoms with van der Waals surface area (Å²) < 4.78 is 0. The van der Waals surface area contributed by atoms with Crippen molar-refractivity contribution in [2.24, 2.45) is 5.16 Å². The van der Waals surface area contributed by atoms with Crippen LogP contribution in [0.2, 0.25) is 25.1 Å². The Kier molecular flexibility index (Phi) is 10.1. The Bertz CT molecular complexity index is 1210. The van der Waals surface area contributed by atoms with Gasteiger partial charge in [-0.25, -0.2) is 0 Å². The monoisotopic (exact) mass is 556 g/mol. The van der Waals surface area contributed by atoms with Crippen molar-refractivity contribution in [3.63, 3.8) is 0 Å². The number of hydrogen-bond acceptors (Lipinski definition) is 5. The van der Waals surface area contributed by atoms with Crippen molar-refractivity contribution in [3.05, 3.63) is 114 Å². The van der Waals surface area contributed by atoms with E-state index in [9.17, 15) is 4.79 Å². The second kappa shape index (κ2) is 13.0. The summed E-state index contributed by atoms with van der Waals surface area (Å²) >= 11 is 30.0. The summed E-state index contributed by atoms with van der Waals surface area (Å²) in [6, 6.07) is 16.5. The van der Waals surface area contributed by atoms with Gasteiger partial charge in [-0.05, 0) is 54.1 Å². The van der Waals surface area contributed by atoms with Gasteiger partial charge in [-0.2, -0.15) is 0 Å². The van der Waals surface area contributed by atoms with E-state index in [1.54, 1.807) is 60.7 Å². The molecule has 0 bridgehead atoms. The molecule has 176 valence electrons. The molecule has 0 amide bonds. The van der Waals surface area contributed by atoms with Crippen LogP contribution < -0.4 is 5.48 Å². The second-order valence-corrected chi connectivity index (χ2v) is 8.95. The van der Waals surface area contributed by atoms with E-state index in [2.05, 4.69) is 10.6 Å². The standard InChI is InChI=1S/C24H17Cl5N2O3/c25-19-5-1-15(2-6-19)24(32)18(11-30-33-13-16-3-7-20(26)9-22(16)28)12-31-34-14-17-4-8-21(27)10-23(17)29/h1-12,30H,13-14H2/b18-11?,31-12-. The molecule has 3 rings (SSSR count). The lowest BCUT2D eigenvalue weighted by Crippen LogP contribution is -2.13. The van der Waals surface area contributed by atoms with Crippen LogP contribution in [0.25, 0.3) is 0 Å². The van der Waals surface area contributed by atoms with Gasteiger partial charge in [-0.1, -0.05) is 75.3 Å². The molecular weight excluding hydrogens is 542 g/mol. The normalized spacial score (nSPS) is 11.6. The van der Waals surface area contributed by atoms with E-state index >= 15 is 0 Å². The molecule has 0 spiro atoms. The van der Waals surface area contributed by atoms with E-state index < -0.39 is 0 Å². The molecule has 5 nitrogen and oxygen atoms in total. The van der Waals surface area contributed by atoms with E-state index in [4.69, 9.17) is 67.7 Å². The first kappa shape index (κ1) is 26.4. The number of benzene rings is 3. The van der Waals surface area contributed by atoms with Gasteiger partial charge in [0.2, 0.25) is 0 Å². The highest BCUT2D eigenvalue weighted by molar-refractivity contribution is 6.35. The molecule has 1 N–H and O–H groups in total. The van der Waals surface area contributed by atoms with Crippen molar-refractivity contribution in [1.29, 1.82) is 0 Å². The Labute approximate surface area is 221 Å². The number of carbonyl (C=O) groups excluding carboxylic acids is 1. The number of halogens is 5. The van der Waals surface area contributed by atoms with E-state index in [-0.39, 0.29) is 24.6 Å². The van der Waals surface area contributed by atoms with Gasteiger partial charge in [0.15, 0.2) is 5.78 Å². The van der Waals surface area contributed by atoms with Gasteiger partial charge < -0.3 is 4.84 Å². The molecule has 34 heavy (non-hydrogen) atoms. The van der Waals surface area contributed by atoms with E-state index in [1.165, 1.54) is 12.4 Å².